The Hall–Kier alpha value is -1.61. The second-order valence-electron chi connectivity index (χ2n) is 5.19. The van der Waals surface area contributed by atoms with Gasteiger partial charge in [-0.3, -0.25) is 4.98 Å². The molecule has 0 aliphatic heterocycles. The number of pyridine rings is 1. The number of nitrogens with zero attached hydrogens (tertiary/aromatic N) is 2. The van der Waals surface area contributed by atoms with Crippen LogP contribution in [0.15, 0.2) is 43.0 Å². The van der Waals surface area contributed by atoms with Crippen molar-refractivity contribution in [1.82, 2.24) is 14.9 Å². The third-order valence-corrected chi connectivity index (χ3v) is 3.59. The fourth-order valence-electron chi connectivity index (χ4n) is 2.53. The zero-order valence-corrected chi connectivity index (χ0v) is 12.5. The Kier molecular flexibility index (Phi) is 5.81. The Morgan fingerprint density at radius 1 is 1.30 bits per heavy atom. The maximum Gasteiger partial charge on any atom is 0.0335 e. The normalized spacial score (nSPS) is 12.5. The molecule has 20 heavy (non-hydrogen) atoms. The van der Waals surface area contributed by atoms with Gasteiger partial charge in [0.25, 0.3) is 0 Å². The molecule has 0 saturated carbocycles. The SMILES string of the molecule is CCCC(NCC)c1ccn(CCc2cccnc2)c1. The molecule has 1 atom stereocenters. The Morgan fingerprint density at radius 3 is 2.90 bits per heavy atom. The molecule has 108 valence electrons. The average Bonchev–Trinajstić information content (AvgIpc) is 2.95. The van der Waals surface area contributed by atoms with E-state index in [1.54, 1.807) is 0 Å². The van der Waals surface area contributed by atoms with Gasteiger partial charge in [-0.05, 0) is 42.6 Å². The highest BCUT2D eigenvalue weighted by Crippen LogP contribution is 2.19. The molecular weight excluding hydrogens is 246 g/mol. The number of aromatic nitrogens is 2. The molecule has 3 nitrogen and oxygen atoms in total. The number of hydrogen-bond donors (Lipinski definition) is 1. The van der Waals surface area contributed by atoms with Gasteiger partial charge < -0.3 is 9.88 Å². The maximum atomic E-state index is 4.16. The minimum atomic E-state index is 0.490. The van der Waals surface area contributed by atoms with Gasteiger partial charge in [0.15, 0.2) is 0 Å². The van der Waals surface area contributed by atoms with Crippen molar-refractivity contribution in [2.24, 2.45) is 0 Å². The molecule has 0 bridgehead atoms. The first kappa shape index (κ1) is 14.8. The molecule has 0 spiro atoms. The van der Waals surface area contributed by atoms with Gasteiger partial charge in [-0.2, -0.15) is 0 Å². The van der Waals surface area contributed by atoms with Crippen molar-refractivity contribution in [3.8, 4) is 0 Å². The predicted octanol–water partition coefficient (Wildman–Crippen LogP) is 3.58. The second-order valence-corrected chi connectivity index (χ2v) is 5.19. The fourth-order valence-corrected chi connectivity index (χ4v) is 2.53. The van der Waals surface area contributed by atoms with Crippen LogP contribution in [0.5, 0.6) is 0 Å². The lowest BCUT2D eigenvalue weighted by atomic mass is 10.1. The first-order valence-electron chi connectivity index (χ1n) is 7.61. The Bertz CT molecular complexity index is 484. The molecular formula is C17H25N3. The van der Waals surface area contributed by atoms with Crippen LogP contribution in [-0.2, 0) is 13.0 Å². The Morgan fingerprint density at radius 2 is 2.20 bits per heavy atom. The van der Waals surface area contributed by atoms with Crippen molar-refractivity contribution < 1.29 is 0 Å². The highest BCUT2D eigenvalue weighted by molar-refractivity contribution is 5.16. The molecule has 0 aliphatic rings. The van der Waals surface area contributed by atoms with Crippen LogP contribution >= 0.6 is 0 Å². The van der Waals surface area contributed by atoms with Crippen LogP contribution in [0.2, 0.25) is 0 Å². The lowest BCUT2D eigenvalue weighted by Crippen LogP contribution is -2.20. The maximum absolute atomic E-state index is 4.16. The molecule has 2 aromatic heterocycles. The van der Waals surface area contributed by atoms with E-state index in [0.29, 0.717) is 6.04 Å². The summed E-state index contributed by atoms with van der Waals surface area (Å²) in [6, 6.07) is 6.87. The van der Waals surface area contributed by atoms with E-state index in [-0.39, 0.29) is 0 Å². The van der Waals surface area contributed by atoms with Crippen molar-refractivity contribution in [2.75, 3.05) is 6.54 Å². The third-order valence-electron chi connectivity index (χ3n) is 3.59. The molecule has 2 aromatic rings. The number of aryl methyl sites for hydroxylation is 2. The molecule has 1 N–H and O–H groups in total. The second kappa shape index (κ2) is 7.85. The van der Waals surface area contributed by atoms with Gasteiger partial charge in [0.2, 0.25) is 0 Å². The summed E-state index contributed by atoms with van der Waals surface area (Å²) in [5.41, 5.74) is 2.69. The summed E-state index contributed by atoms with van der Waals surface area (Å²) in [5.74, 6) is 0. The van der Waals surface area contributed by atoms with Crippen molar-refractivity contribution >= 4 is 0 Å². The van der Waals surface area contributed by atoms with E-state index in [0.717, 1.165) is 19.5 Å². The zero-order valence-electron chi connectivity index (χ0n) is 12.5. The van der Waals surface area contributed by atoms with Crippen LogP contribution in [0.4, 0.5) is 0 Å². The molecule has 0 aliphatic carbocycles. The predicted molar refractivity (Wildman–Crippen MR) is 83.7 cm³/mol. The highest BCUT2D eigenvalue weighted by Gasteiger charge is 2.10. The van der Waals surface area contributed by atoms with E-state index in [2.05, 4.69) is 53.2 Å². The number of nitrogens with one attached hydrogen (secondary N) is 1. The van der Waals surface area contributed by atoms with Gasteiger partial charge in [0.1, 0.15) is 0 Å². The molecule has 1 unspecified atom stereocenters. The fraction of sp³-hybridized carbons (Fsp3) is 0.471. The first-order valence-corrected chi connectivity index (χ1v) is 7.61. The van der Waals surface area contributed by atoms with Crippen molar-refractivity contribution in [3.05, 3.63) is 54.1 Å². The summed E-state index contributed by atoms with van der Waals surface area (Å²) in [4.78, 5) is 4.16. The summed E-state index contributed by atoms with van der Waals surface area (Å²) >= 11 is 0. The zero-order chi connectivity index (χ0) is 14.2. The minimum Gasteiger partial charge on any atom is -0.354 e. The largest absolute Gasteiger partial charge is 0.354 e. The molecule has 0 saturated heterocycles. The van der Waals surface area contributed by atoms with E-state index in [1.165, 1.54) is 24.0 Å². The summed E-state index contributed by atoms with van der Waals surface area (Å²) in [6.07, 6.45) is 11.7. The monoisotopic (exact) mass is 271 g/mol. The summed E-state index contributed by atoms with van der Waals surface area (Å²) in [7, 11) is 0. The van der Waals surface area contributed by atoms with E-state index in [4.69, 9.17) is 0 Å². The standard InChI is InChI=1S/C17H25N3/c1-3-6-17(19-4-2)16-9-12-20(14-16)11-8-15-7-5-10-18-13-15/h5,7,9-10,12-14,17,19H,3-4,6,8,11H2,1-2H3. The average molecular weight is 271 g/mol. The van der Waals surface area contributed by atoms with Crippen molar-refractivity contribution in [3.63, 3.8) is 0 Å². The van der Waals surface area contributed by atoms with Crippen molar-refractivity contribution in [1.29, 1.82) is 0 Å². The molecule has 2 heterocycles. The lowest BCUT2D eigenvalue weighted by Gasteiger charge is -2.15. The number of rotatable bonds is 8. The van der Waals surface area contributed by atoms with Crippen LogP contribution < -0.4 is 5.32 Å². The van der Waals surface area contributed by atoms with E-state index in [1.807, 2.05) is 18.5 Å². The van der Waals surface area contributed by atoms with E-state index < -0.39 is 0 Å². The molecule has 0 amide bonds. The lowest BCUT2D eigenvalue weighted by molar-refractivity contribution is 0.508. The van der Waals surface area contributed by atoms with Gasteiger partial charge in [-0.1, -0.05) is 26.3 Å². The third kappa shape index (κ3) is 4.20. The van der Waals surface area contributed by atoms with Gasteiger partial charge in [0, 0.05) is 37.4 Å². The van der Waals surface area contributed by atoms with Gasteiger partial charge in [0.05, 0.1) is 0 Å². The number of hydrogen-bond acceptors (Lipinski definition) is 2. The smallest absolute Gasteiger partial charge is 0.0335 e. The molecule has 0 radical (unpaired) electrons. The molecule has 3 heteroatoms. The Balaban J connectivity index is 1.94. The quantitative estimate of drug-likeness (QED) is 0.795. The van der Waals surface area contributed by atoms with Crippen LogP contribution in [0.1, 0.15) is 43.9 Å². The van der Waals surface area contributed by atoms with Crippen molar-refractivity contribution in [2.45, 2.75) is 45.7 Å². The molecule has 0 aromatic carbocycles. The van der Waals surface area contributed by atoms with Crippen LogP contribution in [0, 0.1) is 0 Å². The highest BCUT2D eigenvalue weighted by atomic mass is 15.0. The van der Waals surface area contributed by atoms with Crippen LogP contribution in [-0.4, -0.2) is 16.1 Å². The molecule has 2 rings (SSSR count). The Labute approximate surface area is 122 Å². The summed E-state index contributed by atoms with van der Waals surface area (Å²) in [6.45, 7) is 6.44. The summed E-state index contributed by atoms with van der Waals surface area (Å²) in [5, 5.41) is 3.56. The van der Waals surface area contributed by atoms with E-state index in [9.17, 15) is 0 Å². The van der Waals surface area contributed by atoms with E-state index >= 15 is 0 Å². The van der Waals surface area contributed by atoms with Gasteiger partial charge in [-0.25, -0.2) is 0 Å². The summed E-state index contributed by atoms with van der Waals surface area (Å²) < 4.78 is 2.28. The minimum absolute atomic E-state index is 0.490. The van der Waals surface area contributed by atoms with Crippen LogP contribution in [0.25, 0.3) is 0 Å². The van der Waals surface area contributed by atoms with Gasteiger partial charge in [-0.15, -0.1) is 0 Å². The van der Waals surface area contributed by atoms with Gasteiger partial charge >= 0.3 is 0 Å². The first-order chi connectivity index (χ1) is 9.83. The van der Waals surface area contributed by atoms with Crippen LogP contribution in [0.3, 0.4) is 0 Å². The topological polar surface area (TPSA) is 29.9 Å². The molecule has 0 fully saturated rings.